The molecule has 1 saturated carbocycles. The Morgan fingerprint density at radius 1 is 0.353 bits per heavy atom. The fraction of sp³-hybridized carbons (Fsp3) is 0.935. The molecule has 700 valence electrons. The van der Waals surface area contributed by atoms with Crippen molar-refractivity contribution in [1.82, 2.24) is 0 Å². The second-order valence-electron chi connectivity index (χ2n) is 35.1. The van der Waals surface area contributed by atoms with Gasteiger partial charge in [0, 0.05) is 25.7 Å². The topological polar surface area (TPSA) is 380 Å². The van der Waals surface area contributed by atoms with E-state index in [1.807, 2.05) is 0 Å². The number of unbranched alkanes of at least 4 members (excludes halogenated alkanes) is 43. The molecule has 3 rings (SSSR count). The number of carbonyl (C=O) groups is 4. The quantitative estimate of drug-likeness (QED) is 0.00889. The Hall–Kier alpha value is -2.79. The molecular formula is C93H173O25P. The predicted molar refractivity (Wildman–Crippen MR) is 462 cm³/mol. The molecule has 26 heteroatoms. The highest BCUT2D eigenvalue weighted by Crippen LogP contribution is 2.49. The minimum absolute atomic E-state index is 0.00528. The van der Waals surface area contributed by atoms with Gasteiger partial charge in [-0.2, -0.15) is 0 Å². The largest absolute Gasteiger partial charge is 0.472 e. The van der Waals surface area contributed by atoms with Crippen molar-refractivity contribution in [2.45, 2.75) is 518 Å². The SMILES string of the molecule is CCCCCCCC/C=C\CCCCCC(=O)OCC1OC(OC2C(OC(=O)CCCCCCCCC(C)CCCCCCCC)C(O)C(O)C(OC3OC(CO)C(O)C(O)C3O)C2OP(=O)(O)OCC(COC(=O)CCCCCCCCC(C)CCCCCCCC)OC(=O)CCCCCCCCCCCCCCCCC)C(O)C(O)C1O. The van der Waals surface area contributed by atoms with Crippen LogP contribution in [0.5, 0.6) is 0 Å². The molecule has 0 radical (unpaired) electrons. The molecule has 0 aromatic rings. The first-order valence-corrected chi connectivity index (χ1v) is 49.7. The Balaban J connectivity index is 1.93. The van der Waals surface area contributed by atoms with Crippen LogP contribution in [0, 0.1) is 11.8 Å². The molecule has 0 aromatic carbocycles. The third-order valence-corrected chi connectivity index (χ3v) is 25.0. The summed E-state index contributed by atoms with van der Waals surface area (Å²) in [5.41, 5.74) is 0. The number of allylic oxidation sites excluding steroid dienone is 2. The number of aliphatic hydroxyl groups excluding tert-OH is 9. The van der Waals surface area contributed by atoms with Crippen LogP contribution in [-0.2, 0) is 70.7 Å². The molecule has 2 heterocycles. The van der Waals surface area contributed by atoms with Crippen LogP contribution in [0.2, 0.25) is 0 Å². The summed E-state index contributed by atoms with van der Waals surface area (Å²) in [6.45, 7) is 10.2. The molecule has 0 amide bonds. The first-order valence-electron chi connectivity index (χ1n) is 48.2. The lowest BCUT2D eigenvalue weighted by Gasteiger charge is -2.50. The van der Waals surface area contributed by atoms with E-state index in [2.05, 4.69) is 53.7 Å². The van der Waals surface area contributed by atoms with Gasteiger partial charge >= 0.3 is 31.7 Å². The van der Waals surface area contributed by atoms with Crippen molar-refractivity contribution in [1.29, 1.82) is 0 Å². The van der Waals surface area contributed by atoms with Crippen LogP contribution >= 0.6 is 7.82 Å². The Bertz CT molecular complexity index is 2550. The first kappa shape index (κ1) is 110. The summed E-state index contributed by atoms with van der Waals surface area (Å²) in [5.74, 6) is -1.66. The van der Waals surface area contributed by atoms with Crippen LogP contribution in [0.3, 0.4) is 0 Å². The first-order chi connectivity index (χ1) is 57.5. The van der Waals surface area contributed by atoms with Gasteiger partial charge in [-0.05, 0) is 63.2 Å². The Morgan fingerprint density at radius 2 is 0.681 bits per heavy atom. The van der Waals surface area contributed by atoms with Gasteiger partial charge in [0.1, 0.15) is 92.6 Å². The van der Waals surface area contributed by atoms with Gasteiger partial charge in [0.2, 0.25) is 0 Å². The summed E-state index contributed by atoms with van der Waals surface area (Å²) in [7, 11) is -5.81. The fourth-order valence-corrected chi connectivity index (χ4v) is 17.2. The number of phosphoric ester groups is 1. The van der Waals surface area contributed by atoms with E-state index in [0.717, 1.165) is 122 Å². The molecule has 3 aliphatic rings. The molecule has 2 saturated heterocycles. The van der Waals surface area contributed by atoms with Gasteiger partial charge in [-0.25, -0.2) is 4.57 Å². The van der Waals surface area contributed by atoms with Crippen molar-refractivity contribution in [3.05, 3.63) is 12.2 Å². The number of hydrogen-bond donors (Lipinski definition) is 10. The lowest BCUT2D eigenvalue weighted by Crippen LogP contribution is -2.70. The highest BCUT2D eigenvalue weighted by atomic mass is 31.2. The van der Waals surface area contributed by atoms with Gasteiger partial charge in [0.25, 0.3) is 0 Å². The average Bonchev–Trinajstić information content (AvgIpc) is 0.757. The van der Waals surface area contributed by atoms with Gasteiger partial charge < -0.3 is 88.7 Å². The Kier molecular flexibility index (Phi) is 65.2. The smallest absolute Gasteiger partial charge is 0.463 e. The fourth-order valence-electron chi connectivity index (χ4n) is 16.2. The molecule has 3 fully saturated rings. The van der Waals surface area contributed by atoms with Crippen molar-refractivity contribution in [2.24, 2.45) is 11.8 Å². The van der Waals surface area contributed by atoms with Crippen LogP contribution in [0.25, 0.3) is 0 Å². The van der Waals surface area contributed by atoms with Crippen LogP contribution < -0.4 is 0 Å². The van der Waals surface area contributed by atoms with Crippen molar-refractivity contribution < 1.29 is 122 Å². The van der Waals surface area contributed by atoms with Gasteiger partial charge in [0.15, 0.2) is 24.8 Å². The highest BCUT2D eigenvalue weighted by molar-refractivity contribution is 7.47. The molecular weight excluding hydrogens is 1550 g/mol. The molecule has 2 aliphatic heterocycles. The monoisotopic (exact) mass is 1720 g/mol. The highest BCUT2D eigenvalue weighted by Gasteiger charge is 2.60. The summed E-state index contributed by atoms with van der Waals surface area (Å²) in [4.78, 5) is 66.6. The summed E-state index contributed by atoms with van der Waals surface area (Å²) >= 11 is 0. The van der Waals surface area contributed by atoms with E-state index in [-0.39, 0.29) is 25.7 Å². The molecule has 20 unspecified atom stereocenters. The summed E-state index contributed by atoms with van der Waals surface area (Å²) in [6.07, 6.45) is 26.4. The van der Waals surface area contributed by atoms with Crippen LogP contribution in [-0.4, -0.2) is 205 Å². The van der Waals surface area contributed by atoms with E-state index < -0.39 is 162 Å². The normalized spacial score (nSPS) is 25.4. The maximum Gasteiger partial charge on any atom is 0.472 e. The zero-order valence-electron chi connectivity index (χ0n) is 75.0. The standard InChI is InChI=1S/C93H173O25P/c1-7-11-15-19-23-25-27-29-30-32-34-36-38-49-57-65-78(97)112-73(68-109-76(95)63-55-48-41-39-45-53-61-71(5)59-51-43-21-17-13-9-3)69-111-119(107,108)118-91-89(116-92-86(105)82(101)80(99)74(67-94)113-92)85(104)84(103)88(115-79(98)66-58-50-42-40-46-54-62-72(6)60-52-44-22-18-14-10-4)90(91)117-93-87(106)83(102)81(100)75(114-93)70-110-77(96)64-56-47-37-35-33-31-28-26-24-20-16-12-8-2/h31,33,71-75,80-94,99-106H,7-30,32,34-70H2,1-6H3,(H,107,108)/b33-31-. The Labute approximate surface area is 718 Å². The predicted octanol–water partition coefficient (Wildman–Crippen LogP) is 18.0. The van der Waals surface area contributed by atoms with E-state index in [1.165, 1.54) is 186 Å². The zero-order valence-corrected chi connectivity index (χ0v) is 75.9. The summed E-state index contributed by atoms with van der Waals surface area (Å²) in [6, 6.07) is 0. The molecule has 10 N–H and O–H groups in total. The average molecular weight is 1720 g/mol. The number of carbonyl (C=O) groups excluding carboxylic acids is 4. The number of hydrogen-bond acceptors (Lipinski definition) is 24. The summed E-state index contributed by atoms with van der Waals surface area (Å²) in [5, 5.41) is 102. The van der Waals surface area contributed by atoms with Crippen LogP contribution in [0.4, 0.5) is 0 Å². The van der Waals surface area contributed by atoms with E-state index in [1.54, 1.807) is 0 Å². The molecule has 1 aliphatic carbocycles. The van der Waals surface area contributed by atoms with Crippen LogP contribution in [0.15, 0.2) is 12.2 Å². The maximum absolute atomic E-state index is 14.9. The second kappa shape index (κ2) is 70.3. The van der Waals surface area contributed by atoms with Gasteiger partial charge in [-0.1, -0.05) is 349 Å². The van der Waals surface area contributed by atoms with E-state index in [0.29, 0.717) is 50.4 Å². The lowest BCUT2D eigenvalue weighted by molar-refractivity contribution is -0.360. The van der Waals surface area contributed by atoms with E-state index in [4.69, 9.17) is 46.9 Å². The molecule has 119 heavy (non-hydrogen) atoms. The number of esters is 4. The minimum Gasteiger partial charge on any atom is -0.463 e. The van der Waals surface area contributed by atoms with E-state index >= 15 is 0 Å². The van der Waals surface area contributed by atoms with Gasteiger partial charge in [-0.3, -0.25) is 28.2 Å². The number of aliphatic hydroxyl groups is 9. The molecule has 25 nitrogen and oxygen atoms in total. The molecule has 0 bridgehead atoms. The number of phosphoric acid groups is 1. The summed E-state index contributed by atoms with van der Waals surface area (Å²) < 4.78 is 73.6. The second-order valence-corrected chi connectivity index (χ2v) is 36.5. The van der Waals surface area contributed by atoms with Crippen molar-refractivity contribution >= 4 is 31.7 Å². The Morgan fingerprint density at radius 3 is 1.09 bits per heavy atom. The van der Waals surface area contributed by atoms with Gasteiger partial charge in [0.05, 0.1) is 13.2 Å². The molecule has 20 atom stereocenters. The molecule has 0 spiro atoms. The lowest BCUT2D eigenvalue weighted by atomic mass is 9.84. The molecule has 0 aromatic heterocycles. The van der Waals surface area contributed by atoms with Crippen molar-refractivity contribution in [3.8, 4) is 0 Å². The van der Waals surface area contributed by atoms with Gasteiger partial charge in [-0.15, -0.1) is 0 Å². The zero-order chi connectivity index (χ0) is 87.1. The van der Waals surface area contributed by atoms with E-state index in [9.17, 15) is 74.6 Å². The third-order valence-electron chi connectivity index (χ3n) is 24.1. The maximum atomic E-state index is 14.9. The van der Waals surface area contributed by atoms with Crippen LogP contribution in [0.1, 0.15) is 414 Å². The number of ether oxygens (including phenoxy) is 8. The van der Waals surface area contributed by atoms with Crippen molar-refractivity contribution in [3.63, 3.8) is 0 Å². The third kappa shape index (κ3) is 51.0. The minimum atomic E-state index is -5.81. The number of rotatable bonds is 77. The van der Waals surface area contributed by atoms with Crippen molar-refractivity contribution in [2.75, 3.05) is 26.4 Å².